The average Bonchev–Trinajstić information content (AvgIpc) is 3.04. The number of nitrogens with one attached hydrogen (secondary N) is 1. The summed E-state index contributed by atoms with van der Waals surface area (Å²) in [7, 11) is 1.40. The van der Waals surface area contributed by atoms with Gasteiger partial charge in [0.2, 0.25) is 5.91 Å². The van der Waals surface area contributed by atoms with Crippen LogP contribution >= 0.6 is 11.8 Å². The molecule has 1 aliphatic rings. The Morgan fingerprint density at radius 3 is 2.56 bits per heavy atom. The number of methoxy groups -OCH3 is 1. The van der Waals surface area contributed by atoms with Gasteiger partial charge in [0.1, 0.15) is 0 Å². The van der Waals surface area contributed by atoms with Crippen molar-refractivity contribution in [2.75, 3.05) is 25.6 Å². The van der Waals surface area contributed by atoms with E-state index >= 15 is 0 Å². The van der Waals surface area contributed by atoms with Gasteiger partial charge in [-0.2, -0.15) is 0 Å². The molecule has 2 N–H and O–H groups in total. The van der Waals surface area contributed by atoms with Crippen molar-refractivity contribution < 1.29 is 33.8 Å². The third-order valence-corrected chi connectivity index (χ3v) is 5.24. The summed E-state index contributed by atoms with van der Waals surface area (Å²) in [5, 5.41) is 11.0. The molecule has 2 aromatic rings. The SMILES string of the molecule is COc1cc(C=C2SC(=O)N(CCC(=O)Nc3ccccc3)C2=O)ccc1OCC(=O)O. The largest absolute Gasteiger partial charge is 0.493 e. The van der Waals surface area contributed by atoms with E-state index in [4.69, 9.17) is 14.6 Å². The zero-order chi connectivity index (χ0) is 23.1. The Balaban J connectivity index is 1.64. The first kappa shape index (κ1) is 22.9. The van der Waals surface area contributed by atoms with E-state index in [9.17, 15) is 19.2 Å². The first-order chi connectivity index (χ1) is 15.4. The summed E-state index contributed by atoms with van der Waals surface area (Å²) < 4.78 is 10.4. The van der Waals surface area contributed by atoms with Gasteiger partial charge >= 0.3 is 5.97 Å². The minimum absolute atomic E-state index is 0.0242. The highest BCUT2D eigenvalue weighted by Gasteiger charge is 2.35. The van der Waals surface area contributed by atoms with E-state index in [0.717, 1.165) is 16.7 Å². The predicted molar refractivity (Wildman–Crippen MR) is 118 cm³/mol. The molecule has 1 saturated heterocycles. The van der Waals surface area contributed by atoms with E-state index in [1.54, 1.807) is 36.4 Å². The molecule has 0 radical (unpaired) electrons. The summed E-state index contributed by atoms with van der Waals surface area (Å²) in [5.74, 6) is -1.39. The van der Waals surface area contributed by atoms with Crippen LogP contribution in [0.25, 0.3) is 6.08 Å². The Labute approximate surface area is 188 Å². The van der Waals surface area contributed by atoms with Gasteiger partial charge in [-0.3, -0.25) is 19.3 Å². The number of carboxylic acids is 1. The second-order valence-electron chi connectivity index (χ2n) is 6.59. The molecule has 32 heavy (non-hydrogen) atoms. The van der Waals surface area contributed by atoms with Crippen molar-refractivity contribution >= 4 is 46.5 Å². The molecule has 0 saturated carbocycles. The van der Waals surface area contributed by atoms with Crippen LogP contribution in [0.4, 0.5) is 10.5 Å². The number of benzene rings is 2. The number of nitrogens with zero attached hydrogens (tertiary/aromatic N) is 1. The minimum Gasteiger partial charge on any atom is -0.493 e. The number of aliphatic carboxylic acids is 1. The van der Waals surface area contributed by atoms with Crippen LogP contribution in [0.2, 0.25) is 0 Å². The Bertz CT molecular complexity index is 1070. The highest BCUT2D eigenvalue weighted by molar-refractivity contribution is 8.18. The molecular formula is C22H20N2O7S. The third-order valence-electron chi connectivity index (χ3n) is 4.33. The Morgan fingerprint density at radius 2 is 1.88 bits per heavy atom. The summed E-state index contributed by atoms with van der Waals surface area (Å²) in [6.07, 6.45) is 1.50. The Hall–Kier alpha value is -3.79. The maximum atomic E-state index is 12.7. The first-order valence-electron chi connectivity index (χ1n) is 9.50. The van der Waals surface area contributed by atoms with Crippen molar-refractivity contribution in [2.45, 2.75) is 6.42 Å². The molecule has 9 nitrogen and oxygen atoms in total. The average molecular weight is 456 g/mol. The van der Waals surface area contributed by atoms with E-state index < -0.39 is 23.7 Å². The number of hydrogen-bond acceptors (Lipinski definition) is 7. The van der Waals surface area contributed by atoms with E-state index in [-0.39, 0.29) is 35.3 Å². The van der Waals surface area contributed by atoms with Gasteiger partial charge < -0.3 is 19.9 Å². The maximum absolute atomic E-state index is 12.7. The van der Waals surface area contributed by atoms with Crippen LogP contribution in [0, 0.1) is 0 Å². The number of anilines is 1. The van der Waals surface area contributed by atoms with E-state index in [2.05, 4.69) is 5.32 Å². The molecule has 10 heteroatoms. The van der Waals surface area contributed by atoms with Crippen molar-refractivity contribution in [3.8, 4) is 11.5 Å². The molecule has 0 aromatic heterocycles. The van der Waals surface area contributed by atoms with Crippen LogP contribution < -0.4 is 14.8 Å². The Morgan fingerprint density at radius 1 is 1.12 bits per heavy atom. The zero-order valence-corrected chi connectivity index (χ0v) is 17.9. The van der Waals surface area contributed by atoms with Gasteiger partial charge in [0.05, 0.1) is 12.0 Å². The molecule has 166 valence electrons. The quantitative estimate of drug-likeness (QED) is 0.552. The number of carboxylic acid groups (broad SMARTS) is 1. The zero-order valence-electron chi connectivity index (χ0n) is 17.1. The normalized spacial score (nSPS) is 14.5. The molecule has 0 spiro atoms. The summed E-state index contributed by atoms with van der Waals surface area (Å²) >= 11 is 0.781. The fraction of sp³-hybridized carbons (Fsp3) is 0.182. The van der Waals surface area contributed by atoms with Gasteiger partial charge in [0, 0.05) is 18.7 Å². The molecule has 3 amide bonds. The first-order valence-corrected chi connectivity index (χ1v) is 10.3. The Kier molecular flexibility index (Phi) is 7.50. The lowest BCUT2D eigenvalue weighted by Crippen LogP contribution is -2.31. The van der Waals surface area contributed by atoms with Gasteiger partial charge in [0.25, 0.3) is 11.1 Å². The molecule has 3 rings (SSSR count). The smallest absolute Gasteiger partial charge is 0.341 e. The molecule has 0 bridgehead atoms. The van der Waals surface area contributed by atoms with Crippen LogP contribution in [-0.2, 0) is 14.4 Å². The summed E-state index contributed by atoms with van der Waals surface area (Å²) in [6, 6.07) is 13.6. The van der Waals surface area contributed by atoms with Gasteiger partial charge in [-0.05, 0) is 47.7 Å². The standard InChI is InChI=1S/C22H20N2O7S/c1-30-17-11-14(7-8-16(17)31-13-20(26)27)12-18-21(28)24(22(29)32-18)10-9-19(25)23-15-5-3-2-4-6-15/h2-8,11-12H,9-10,13H2,1H3,(H,23,25)(H,26,27). The molecule has 2 aromatic carbocycles. The second-order valence-corrected chi connectivity index (χ2v) is 7.58. The lowest BCUT2D eigenvalue weighted by Gasteiger charge is -2.12. The maximum Gasteiger partial charge on any atom is 0.341 e. The molecule has 1 aliphatic heterocycles. The van der Waals surface area contributed by atoms with Crippen molar-refractivity contribution in [2.24, 2.45) is 0 Å². The number of imide groups is 1. The number of hydrogen-bond donors (Lipinski definition) is 2. The number of amides is 3. The highest BCUT2D eigenvalue weighted by atomic mass is 32.2. The number of rotatable bonds is 9. The van der Waals surface area contributed by atoms with Gasteiger partial charge in [-0.1, -0.05) is 24.3 Å². The van der Waals surface area contributed by atoms with Gasteiger partial charge in [-0.15, -0.1) is 0 Å². The monoisotopic (exact) mass is 456 g/mol. The number of ether oxygens (including phenoxy) is 2. The lowest BCUT2D eigenvalue weighted by atomic mass is 10.2. The van der Waals surface area contributed by atoms with E-state index in [1.165, 1.54) is 19.3 Å². The van der Waals surface area contributed by atoms with Crippen molar-refractivity contribution in [1.29, 1.82) is 0 Å². The molecule has 1 fully saturated rings. The molecule has 0 unspecified atom stereocenters. The van der Waals surface area contributed by atoms with Crippen LogP contribution in [0.1, 0.15) is 12.0 Å². The second kappa shape index (κ2) is 10.5. The molecule has 1 heterocycles. The molecule has 0 aliphatic carbocycles. The number of carbonyl (C=O) groups excluding carboxylic acids is 3. The third kappa shape index (κ3) is 5.88. The number of carbonyl (C=O) groups is 4. The number of thioether (sulfide) groups is 1. The van der Waals surface area contributed by atoms with Crippen LogP contribution in [-0.4, -0.2) is 53.3 Å². The summed E-state index contributed by atoms with van der Waals surface area (Å²) in [5.41, 5.74) is 1.20. The van der Waals surface area contributed by atoms with Crippen LogP contribution in [0.15, 0.2) is 53.4 Å². The molecular weight excluding hydrogens is 436 g/mol. The van der Waals surface area contributed by atoms with Crippen molar-refractivity contribution in [3.63, 3.8) is 0 Å². The minimum atomic E-state index is -1.12. The summed E-state index contributed by atoms with van der Waals surface area (Å²) in [4.78, 5) is 49.0. The van der Waals surface area contributed by atoms with Gasteiger partial charge in [0.15, 0.2) is 18.1 Å². The van der Waals surface area contributed by atoms with E-state index in [0.29, 0.717) is 11.3 Å². The molecule has 0 atom stereocenters. The van der Waals surface area contributed by atoms with Crippen molar-refractivity contribution in [1.82, 2.24) is 4.90 Å². The lowest BCUT2D eigenvalue weighted by molar-refractivity contribution is -0.139. The highest BCUT2D eigenvalue weighted by Crippen LogP contribution is 2.34. The van der Waals surface area contributed by atoms with E-state index in [1.807, 2.05) is 6.07 Å². The van der Waals surface area contributed by atoms with Crippen LogP contribution in [0.3, 0.4) is 0 Å². The predicted octanol–water partition coefficient (Wildman–Crippen LogP) is 3.22. The topological polar surface area (TPSA) is 122 Å². The van der Waals surface area contributed by atoms with Crippen molar-refractivity contribution in [3.05, 3.63) is 59.0 Å². The summed E-state index contributed by atoms with van der Waals surface area (Å²) in [6.45, 7) is -0.557. The fourth-order valence-electron chi connectivity index (χ4n) is 2.84. The van der Waals surface area contributed by atoms with Crippen LogP contribution in [0.5, 0.6) is 11.5 Å². The fourth-order valence-corrected chi connectivity index (χ4v) is 3.70. The number of para-hydroxylation sites is 1. The van der Waals surface area contributed by atoms with Gasteiger partial charge in [-0.25, -0.2) is 4.79 Å².